The van der Waals surface area contributed by atoms with Gasteiger partial charge in [0.1, 0.15) is 6.33 Å². The molecule has 0 bridgehead atoms. The Bertz CT molecular complexity index is 784. The van der Waals surface area contributed by atoms with Crippen LogP contribution in [0.5, 0.6) is 0 Å². The molecule has 1 aliphatic heterocycles. The zero-order valence-electron chi connectivity index (χ0n) is 12.8. The van der Waals surface area contributed by atoms with Crippen molar-refractivity contribution in [1.82, 2.24) is 19.9 Å². The highest BCUT2D eigenvalue weighted by Crippen LogP contribution is 2.70. The van der Waals surface area contributed by atoms with Crippen LogP contribution in [-0.4, -0.2) is 39.4 Å². The molecule has 5 rings (SSSR count). The van der Waals surface area contributed by atoms with Gasteiger partial charge in [-0.1, -0.05) is 0 Å². The third-order valence-corrected chi connectivity index (χ3v) is 5.96. The number of nitrogens with zero attached hydrogens (tertiary/aromatic N) is 3. The van der Waals surface area contributed by atoms with Crippen molar-refractivity contribution in [3.63, 3.8) is 0 Å². The number of hydrogen-bond donors (Lipinski definition) is 2. The van der Waals surface area contributed by atoms with E-state index >= 15 is 0 Å². The van der Waals surface area contributed by atoms with Gasteiger partial charge in [-0.2, -0.15) is 5.10 Å². The van der Waals surface area contributed by atoms with Gasteiger partial charge < -0.3 is 15.4 Å². The Morgan fingerprint density at radius 1 is 1.43 bits per heavy atom. The normalized spacial score (nSPS) is 30.0. The summed E-state index contributed by atoms with van der Waals surface area (Å²) in [6.45, 7) is 1.57. The number of fused-ring (bicyclic) bond motifs is 3. The van der Waals surface area contributed by atoms with Gasteiger partial charge in [0.05, 0.1) is 24.1 Å². The van der Waals surface area contributed by atoms with Gasteiger partial charge in [0.2, 0.25) is 0 Å². The van der Waals surface area contributed by atoms with Crippen LogP contribution in [0.25, 0.3) is 5.65 Å². The first-order valence-corrected chi connectivity index (χ1v) is 8.19. The smallest absolute Gasteiger partial charge is 0.319 e. The molecule has 2 amide bonds. The number of urea groups is 1. The van der Waals surface area contributed by atoms with Gasteiger partial charge in [-0.25, -0.2) is 14.3 Å². The minimum Gasteiger partial charge on any atom is -0.374 e. The van der Waals surface area contributed by atoms with Crippen molar-refractivity contribution in [2.45, 2.75) is 31.3 Å². The van der Waals surface area contributed by atoms with Gasteiger partial charge in [-0.15, -0.1) is 0 Å². The predicted molar refractivity (Wildman–Crippen MR) is 83.1 cm³/mol. The minimum absolute atomic E-state index is 0.0601. The first-order chi connectivity index (χ1) is 11.2. The maximum absolute atomic E-state index is 12.2. The first kappa shape index (κ1) is 13.3. The molecule has 2 aromatic heterocycles. The van der Waals surface area contributed by atoms with Gasteiger partial charge >= 0.3 is 6.03 Å². The van der Waals surface area contributed by atoms with Crippen molar-refractivity contribution in [1.29, 1.82) is 0 Å². The molecule has 2 atom stereocenters. The molecule has 3 aliphatic rings. The molecule has 3 heterocycles. The van der Waals surface area contributed by atoms with Crippen LogP contribution < -0.4 is 10.6 Å². The lowest BCUT2D eigenvalue weighted by Crippen LogP contribution is -2.51. The van der Waals surface area contributed by atoms with Crippen molar-refractivity contribution >= 4 is 17.4 Å². The Balaban J connectivity index is 1.24. The highest BCUT2D eigenvalue weighted by Gasteiger charge is 2.73. The van der Waals surface area contributed by atoms with Crippen LogP contribution >= 0.6 is 0 Å². The number of anilines is 1. The average molecular weight is 313 g/mol. The Kier molecular flexibility index (Phi) is 2.57. The molecule has 0 radical (unpaired) electrons. The molecule has 1 spiro atoms. The third kappa shape index (κ3) is 1.83. The summed E-state index contributed by atoms with van der Waals surface area (Å²) in [5.41, 5.74) is 1.71. The molecule has 120 valence electrons. The van der Waals surface area contributed by atoms with E-state index in [2.05, 4.69) is 20.7 Å². The molecule has 2 aliphatic carbocycles. The quantitative estimate of drug-likeness (QED) is 0.905. The summed E-state index contributed by atoms with van der Waals surface area (Å²) in [5, 5.41) is 9.98. The summed E-state index contributed by atoms with van der Waals surface area (Å²) >= 11 is 0. The second-order valence-corrected chi connectivity index (χ2v) is 7.00. The molecule has 1 saturated heterocycles. The molecule has 0 unspecified atom stereocenters. The van der Waals surface area contributed by atoms with E-state index in [-0.39, 0.29) is 17.0 Å². The Morgan fingerprint density at radius 2 is 2.35 bits per heavy atom. The number of pyridine rings is 1. The summed E-state index contributed by atoms with van der Waals surface area (Å²) < 4.78 is 7.68. The minimum atomic E-state index is -0.175. The van der Waals surface area contributed by atoms with Gasteiger partial charge in [0.15, 0.2) is 5.65 Å². The number of nitrogens with one attached hydrogen (secondary N) is 2. The van der Waals surface area contributed by atoms with E-state index in [1.807, 2.05) is 12.1 Å². The highest BCUT2D eigenvalue weighted by molar-refractivity contribution is 5.89. The summed E-state index contributed by atoms with van der Waals surface area (Å²) in [7, 11) is 0. The second-order valence-electron chi connectivity index (χ2n) is 7.00. The molecule has 7 heteroatoms. The SMILES string of the molecule is O=C(NC[C@]12C[C@H]1COC21CCC1)Nc1ccc2ncnn2c1. The number of amides is 2. The van der Waals surface area contributed by atoms with E-state index < -0.39 is 0 Å². The fourth-order valence-corrected chi connectivity index (χ4v) is 4.38. The molecular weight excluding hydrogens is 294 g/mol. The molecule has 23 heavy (non-hydrogen) atoms. The van der Waals surface area contributed by atoms with Gasteiger partial charge in [-0.3, -0.25) is 0 Å². The standard InChI is InChI=1S/C16H19N5O2/c22-14(20-12-2-3-13-18-10-19-21(13)7-12)17-9-15-6-11(15)8-23-16(15)4-1-5-16/h2-3,7,10-11H,1,4-6,8-9H2,(H2,17,20,22)/t11-,15+/m0/s1. The van der Waals surface area contributed by atoms with Crippen molar-refractivity contribution in [2.24, 2.45) is 11.3 Å². The Morgan fingerprint density at radius 3 is 3.13 bits per heavy atom. The molecule has 3 fully saturated rings. The largest absolute Gasteiger partial charge is 0.374 e. The summed E-state index contributed by atoms with van der Waals surface area (Å²) in [5.74, 6) is 0.634. The van der Waals surface area contributed by atoms with Crippen LogP contribution in [0, 0.1) is 11.3 Å². The van der Waals surface area contributed by atoms with Crippen molar-refractivity contribution in [3.05, 3.63) is 24.7 Å². The fourth-order valence-electron chi connectivity index (χ4n) is 4.38. The summed E-state index contributed by atoms with van der Waals surface area (Å²) in [6.07, 6.45) is 7.98. The molecule has 7 nitrogen and oxygen atoms in total. The van der Waals surface area contributed by atoms with E-state index in [0.29, 0.717) is 18.2 Å². The van der Waals surface area contributed by atoms with Crippen LogP contribution in [0.4, 0.5) is 10.5 Å². The second kappa shape index (κ2) is 4.44. The molecular formula is C16H19N5O2. The molecule has 2 N–H and O–H groups in total. The van der Waals surface area contributed by atoms with E-state index in [1.165, 1.54) is 19.2 Å². The van der Waals surface area contributed by atoms with Crippen LogP contribution in [0.15, 0.2) is 24.7 Å². The number of carbonyl (C=O) groups excluding carboxylic acids is 1. The average Bonchev–Trinajstić information content (AvgIpc) is 2.90. The predicted octanol–water partition coefficient (Wildman–Crippen LogP) is 1.81. The molecule has 2 saturated carbocycles. The van der Waals surface area contributed by atoms with E-state index in [0.717, 1.165) is 25.1 Å². The van der Waals surface area contributed by atoms with E-state index in [9.17, 15) is 4.79 Å². The number of hydrogen-bond acceptors (Lipinski definition) is 4. The lowest BCUT2D eigenvalue weighted by atomic mass is 9.68. The van der Waals surface area contributed by atoms with Crippen LogP contribution in [0.3, 0.4) is 0 Å². The first-order valence-electron chi connectivity index (χ1n) is 8.19. The fraction of sp³-hybridized carbons (Fsp3) is 0.562. The van der Waals surface area contributed by atoms with Gasteiger partial charge in [0, 0.05) is 12.0 Å². The molecule has 0 aromatic carbocycles. The maximum Gasteiger partial charge on any atom is 0.319 e. The summed E-state index contributed by atoms with van der Waals surface area (Å²) in [6, 6.07) is 3.48. The Labute approximate surface area is 133 Å². The van der Waals surface area contributed by atoms with Crippen molar-refractivity contribution in [3.8, 4) is 0 Å². The third-order valence-electron chi connectivity index (χ3n) is 5.96. The van der Waals surface area contributed by atoms with E-state index in [1.54, 1.807) is 10.7 Å². The van der Waals surface area contributed by atoms with Crippen LogP contribution in [-0.2, 0) is 4.74 Å². The van der Waals surface area contributed by atoms with Gasteiger partial charge in [0.25, 0.3) is 0 Å². The molecule has 2 aromatic rings. The lowest BCUT2D eigenvalue weighted by molar-refractivity contribution is -0.109. The maximum atomic E-state index is 12.2. The zero-order chi connectivity index (χ0) is 15.5. The lowest BCUT2D eigenvalue weighted by Gasteiger charge is -2.45. The number of ether oxygens (including phenoxy) is 1. The Hall–Kier alpha value is -2.15. The van der Waals surface area contributed by atoms with Crippen molar-refractivity contribution in [2.75, 3.05) is 18.5 Å². The van der Waals surface area contributed by atoms with E-state index in [4.69, 9.17) is 4.74 Å². The number of aromatic nitrogens is 3. The monoisotopic (exact) mass is 313 g/mol. The zero-order valence-corrected chi connectivity index (χ0v) is 12.8. The number of carbonyl (C=O) groups is 1. The van der Waals surface area contributed by atoms with Crippen LogP contribution in [0.2, 0.25) is 0 Å². The number of rotatable bonds is 3. The van der Waals surface area contributed by atoms with Gasteiger partial charge in [-0.05, 0) is 43.7 Å². The topological polar surface area (TPSA) is 80.5 Å². The van der Waals surface area contributed by atoms with Crippen molar-refractivity contribution < 1.29 is 9.53 Å². The van der Waals surface area contributed by atoms with Crippen LogP contribution in [0.1, 0.15) is 25.7 Å². The summed E-state index contributed by atoms with van der Waals surface area (Å²) in [4.78, 5) is 16.3. The highest BCUT2D eigenvalue weighted by atomic mass is 16.5.